The molecule has 0 fully saturated rings. The molecule has 0 spiro atoms. The Morgan fingerprint density at radius 2 is 1.63 bits per heavy atom. The van der Waals surface area contributed by atoms with Gasteiger partial charge in [-0.2, -0.15) is 0 Å². The number of benzene rings is 1. The Morgan fingerprint density at radius 3 is 2.15 bits per heavy atom. The first-order valence-corrected chi connectivity index (χ1v) is 8.37. The molecule has 1 aromatic carbocycles. The van der Waals surface area contributed by atoms with Gasteiger partial charge in [-0.05, 0) is 37.5 Å². The van der Waals surface area contributed by atoms with E-state index in [4.69, 9.17) is 4.74 Å². The lowest BCUT2D eigenvalue weighted by molar-refractivity contribution is -0.151. The van der Waals surface area contributed by atoms with Crippen LogP contribution in [0.2, 0.25) is 0 Å². The lowest BCUT2D eigenvalue weighted by atomic mass is 9.95. The zero-order valence-corrected chi connectivity index (χ0v) is 15.2. The molecule has 1 N–H and O–H groups in total. The molecule has 0 saturated carbocycles. The van der Waals surface area contributed by atoms with E-state index < -0.39 is 30.4 Å². The Labute approximate surface area is 156 Å². The molecule has 0 unspecified atom stereocenters. The van der Waals surface area contributed by atoms with Gasteiger partial charge in [0, 0.05) is 5.69 Å². The van der Waals surface area contributed by atoms with E-state index in [0.29, 0.717) is 12.8 Å². The normalized spacial score (nSPS) is 15.6. The minimum Gasteiger partial charge on any atom is -0.465 e. The fourth-order valence-electron chi connectivity index (χ4n) is 2.63. The summed E-state index contributed by atoms with van der Waals surface area (Å²) in [7, 11) is 2.40. The third-order valence-electron chi connectivity index (χ3n) is 4.01. The number of allylic oxidation sites excluding steroid dienone is 2. The molecule has 0 aliphatic heterocycles. The Morgan fingerprint density at radius 1 is 1.00 bits per heavy atom. The molecule has 0 aromatic heterocycles. The molecular weight excluding hydrogens is 354 g/mol. The number of carbonyl (C=O) groups is 4. The van der Waals surface area contributed by atoms with E-state index >= 15 is 0 Å². The summed E-state index contributed by atoms with van der Waals surface area (Å²) in [6, 6.07) is 4.00. The highest BCUT2D eigenvalue weighted by molar-refractivity contribution is 6.00. The number of hydrogen-bond acceptors (Lipinski definition) is 7. The minimum atomic E-state index is -0.673. The predicted molar refractivity (Wildman–Crippen MR) is 95.2 cm³/mol. The number of carbonyl (C=O) groups excluding carboxylic acids is 4. The van der Waals surface area contributed by atoms with Crippen LogP contribution in [0, 0.1) is 5.92 Å². The Balaban J connectivity index is 2.03. The molecular formula is C19H21NO7. The van der Waals surface area contributed by atoms with E-state index in [2.05, 4.69) is 14.8 Å². The second kappa shape index (κ2) is 9.51. The fraction of sp³-hybridized carbons (Fsp3) is 0.368. The van der Waals surface area contributed by atoms with E-state index in [1.165, 1.54) is 32.4 Å². The van der Waals surface area contributed by atoms with Crippen molar-refractivity contribution in [1.82, 2.24) is 0 Å². The lowest BCUT2D eigenvalue weighted by Crippen LogP contribution is -2.25. The van der Waals surface area contributed by atoms with Gasteiger partial charge in [-0.25, -0.2) is 9.59 Å². The van der Waals surface area contributed by atoms with Gasteiger partial charge < -0.3 is 19.5 Å². The van der Waals surface area contributed by atoms with E-state index in [1.54, 1.807) is 0 Å². The predicted octanol–water partition coefficient (Wildman–Crippen LogP) is 2.10. The number of ether oxygens (including phenoxy) is 3. The van der Waals surface area contributed by atoms with Crippen LogP contribution in [0.5, 0.6) is 0 Å². The van der Waals surface area contributed by atoms with Crippen molar-refractivity contribution >= 4 is 29.5 Å². The van der Waals surface area contributed by atoms with E-state index in [-0.39, 0.29) is 22.7 Å². The minimum absolute atomic E-state index is 0.0710. The zero-order valence-electron chi connectivity index (χ0n) is 15.2. The molecule has 1 aliphatic carbocycles. The second-order valence-electron chi connectivity index (χ2n) is 5.92. The summed E-state index contributed by atoms with van der Waals surface area (Å²) in [5.74, 6) is -2.60. The number of esters is 3. The first-order valence-electron chi connectivity index (χ1n) is 8.37. The molecule has 27 heavy (non-hydrogen) atoms. The molecule has 1 aliphatic rings. The number of hydrogen-bond donors (Lipinski definition) is 1. The van der Waals surface area contributed by atoms with Crippen molar-refractivity contribution in [2.75, 3.05) is 26.1 Å². The van der Waals surface area contributed by atoms with Crippen LogP contribution in [-0.4, -0.2) is 44.6 Å². The highest BCUT2D eigenvalue weighted by atomic mass is 16.5. The van der Waals surface area contributed by atoms with Crippen LogP contribution in [0.3, 0.4) is 0 Å². The second-order valence-corrected chi connectivity index (χ2v) is 5.92. The fourth-order valence-corrected chi connectivity index (χ4v) is 2.63. The number of anilines is 1. The van der Waals surface area contributed by atoms with E-state index in [9.17, 15) is 19.2 Å². The van der Waals surface area contributed by atoms with Crippen molar-refractivity contribution in [1.29, 1.82) is 0 Å². The van der Waals surface area contributed by atoms with Gasteiger partial charge in [-0.1, -0.05) is 12.2 Å². The maximum absolute atomic E-state index is 12.1. The van der Waals surface area contributed by atoms with Crippen LogP contribution in [0.4, 0.5) is 5.69 Å². The molecule has 144 valence electrons. The summed E-state index contributed by atoms with van der Waals surface area (Å²) in [6.07, 6.45) is 6.03. The van der Waals surface area contributed by atoms with E-state index in [0.717, 1.165) is 6.42 Å². The van der Waals surface area contributed by atoms with Gasteiger partial charge >= 0.3 is 17.9 Å². The first kappa shape index (κ1) is 20.2. The molecule has 8 nitrogen and oxygen atoms in total. The Bertz CT molecular complexity index is 735. The zero-order chi connectivity index (χ0) is 19.8. The van der Waals surface area contributed by atoms with Gasteiger partial charge in [-0.15, -0.1) is 0 Å². The van der Waals surface area contributed by atoms with Gasteiger partial charge in [-0.3, -0.25) is 9.59 Å². The van der Waals surface area contributed by atoms with Crippen molar-refractivity contribution in [3.8, 4) is 0 Å². The maximum atomic E-state index is 12.1. The summed E-state index contributed by atoms with van der Waals surface area (Å²) in [5, 5.41) is 2.49. The average Bonchev–Trinajstić information content (AvgIpc) is 2.71. The SMILES string of the molecule is COC(=O)c1cc(NC(=O)COC(=O)[C@@H]2CC=CCC2)cc(C(=O)OC)c1. The number of nitrogens with one attached hydrogen (secondary N) is 1. The third-order valence-corrected chi connectivity index (χ3v) is 4.01. The summed E-state index contributed by atoms with van der Waals surface area (Å²) < 4.78 is 14.3. The summed E-state index contributed by atoms with van der Waals surface area (Å²) in [5.41, 5.74) is 0.323. The summed E-state index contributed by atoms with van der Waals surface area (Å²) >= 11 is 0. The summed E-state index contributed by atoms with van der Waals surface area (Å²) in [6.45, 7) is -0.463. The van der Waals surface area contributed by atoms with Gasteiger partial charge in [0.25, 0.3) is 5.91 Å². The largest absolute Gasteiger partial charge is 0.465 e. The molecule has 0 saturated heterocycles. The Kier molecular flexibility index (Phi) is 7.10. The molecule has 2 rings (SSSR count). The lowest BCUT2D eigenvalue weighted by Gasteiger charge is -2.16. The standard InChI is InChI=1S/C19H21NO7/c1-25-17(22)13-8-14(18(23)26-2)10-15(9-13)20-16(21)11-27-19(24)12-6-4-3-5-7-12/h3-4,8-10,12H,5-7,11H2,1-2H3,(H,20,21)/t12-/m1/s1. The molecule has 0 radical (unpaired) electrons. The highest BCUT2D eigenvalue weighted by Gasteiger charge is 2.21. The molecule has 8 heteroatoms. The van der Waals surface area contributed by atoms with Crippen molar-refractivity contribution in [2.45, 2.75) is 19.3 Å². The van der Waals surface area contributed by atoms with Gasteiger partial charge in [0.1, 0.15) is 0 Å². The van der Waals surface area contributed by atoms with Crippen molar-refractivity contribution < 1.29 is 33.4 Å². The Hall–Kier alpha value is -3.16. The number of methoxy groups -OCH3 is 2. The maximum Gasteiger partial charge on any atom is 0.337 e. The van der Waals surface area contributed by atoms with Crippen molar-refractivity contribution in [2.24, 2.45) is 5.92 Å². The van der Waals surface area contributed by atoms with Crippen LogP contribution < -0.4 is 5.32 Å². The number of rotatable bonds is 6. The molecule has 0 heterocycles. The molecule has 1 atom stereocenters. The monoisotopic (exact) mass is 375 g/mol. The first-order chi connectivity index (χ1) is 12.9. The van der Waals surface area contributed by atoms with Crippen molar-refractivity contribution in [3.05, 3.63) is 41.5 Å². The van der Waals surface area contributed by atoms with Crippen LogP contribution in [0.25, 0.3) is 0 Å². The van der Waals surface area contributed by atoms with Gasteiger partial charge in [0.15, 0.2) is 6.61 Å². The summed E-state index contributed by atoms with van der Waals surface area (Å²) in [4.78, 5) is 47.5. The highest BCUT2D eigenvalue weighted by Crippen LogP contribution is 2.20. The third kappa shape index (κ3) is 5.67. The molecule has 0 bridgehead atoms. The smallest absolute Gasteiger partial charge is 0.337 e. The quantitative estimate of drug-likeness (QED) is 0.461. The van der Waals surface area contributed by atoms with Crippen LogP contribution >= 0.6 is 0 Å². The van der Waals surface area contributed by atoms with Gasteiger partial charge in [0.05, 0.1) is 31.3 Å². The van der Waals surface area contributed by atoms with Gasteiger partial charge in [0.2, 0.25) is 0 Å². The molecule has 1 aromatic rings. The average molecular weight is 375 g/mol. The number of amides is 1. The van der Waals surface area contributed by atoms with Crippen LogP contribution in [0.15, 0.2) is 30.4 Å². The van der Waals surface area contributed by atoms with E-state index in [1.807, 2.05) is 12.2 Å². The molecule has 1 amide bonds. The van der Waals surface area contributed by atoms with Crippen molar-refractivity contribution in [3.63, 3.8) is 0 Å². The van der Waals surface area contributed by atoms with Crippen LogP contribution in [-0.2, 0) is 23.8 Å². The van der Waals surface area contributed by atoms with Crippen LogP contribution in [0.1, 0.15) is 40.0 Å². The topological polar surface area (TPSA) is 108 Å².